The van der Waals surface area contributed by atoms with E-state index >= 15 is 0 Å². The van der Waals surface area contributed by atoms with Gasteiger partial charge in [0, 0.05) is 20.1 Å². The molecule has 0 saturated heterocycles. The van der Waals surface area contributed by atoms with E-state index in [-0.39, 0.29) is 11.7 Å². The van der Waals surface area contributed by atoms with Gasteiger partial charge in [-0.2, -0.15) is 0 Å². The maximum Gasteiger partial charge on any atom is 0.358 e. The lowest BCUT2D eigenvalue weighted by atomic mass is 10.4. The molecule has 0 bridgehead atoms. The van der Waals surface area contributed by atoms with Gasteiger partial charge in [-0.05, 0) is 20.0 Å². The monoisotopic (exact) mass is 284 g/mol. The maximum absolute atomic E-state index is 11.7. The Morgan fingerprint density at radius 3 is 2.80 bits per heavy atom. The van der Waals surface area contributed by atoms with Crippen molar-refractivity contribution >= 4 is 12.0 Å². The van der Waals surface area contributed by atoms with Crippen LogP contribution in [-0.2, 0) is 6.54 Å². The zero-order chi connectivity index (χ0) is 15.0. The normalized spacial score (nSPS) is 10.3. The highest BCUT2D eigenvalue weighted by molar-refractivity contribution is 5.84. The zero-order valence-electron chi connectivity index (χ0n) is 11.7. The Morgan fingerprint density at radius 1 is 1.45 bits per heavy atom. The predicted octanol–water partition coefficient (Wildman–Crippen LogP) is -0.773. The van der Waals surface area contributed by atoms with Gasteiger partial charge in [0.1, 0.15) is 0 Å². The van der Waals surface area contributed by atoms with Gasteiger partial charge < -0.3 is 20.6 Å². The first-order valence-corrected chi connectivity index (χ1v) is 6.31. The van der Waals surface area contributed by atoms with Gasteiger partial charge >= 0.3 is 12.0 Å². The highest BCUT2D eigenvalue weighted by Gasteiger charge is 2.09. The number of nitrogens with zero attached hydrogens (tertiary/aromatic N) is 4. The van der Waals surface area contributed by atoms with Crippen molar-refractivity contribution in [1.29, 1.82) is 0 Å². The minimum absolute atomic E-state index is 0.111. The summed E-state index contributed by atoms with van der Waals surface area (Å²) in [5.74, 6) is -1.12. The van der Waals surface area contributed by atoms with Crippen molar-refractivity contribution in [2.24, 2.45) is 0 Å². The summed E-state index contributed by atoms with van der Waals surface area (Å²) in [6.07, 6.45) is 2.20. The summed E-state index contributed by atoms with van der Waals surface area (Å²) in [5, 5.41) is 21.6. The second kappa shape index (κ2) is 8.10. The highest BCUT2D eigenvalue weighted by atomic mass is 16.4. The summed E-state index contributed by atoms with van der Waals surface area (Å²) < 4.78 is 1.38. The van der Waals surface area contributed by atoms with Crippen molar-refractivity contribution in [1.82, 2.24) is 30.5 Å². The molecule has 9 heteroatoms. The van der Waals surface area contributed by atoms with Crippen LogP contribution in [0, 0.1) is 0 Å². The molecule has 0 aliphatic carbocycles. The van der Waals surface area contributed by atoms with Crippen LogP contribution in [0.4, 0.5) is 4.79 Å². The van der Waals surface area contributed by atoms with E-state index in [1.54, 1.807) is 11.9 Å². The van der Waals surface area contributed by atoms with Crippen LogP contribution in [0.15, 0.2) is 6.20 Å². The van der Waals surface area contributed by atoms with E-state index in [1.807, 2.05) is 7.05 Å². The number of urea groups is 1. The van der Waals surface area contributed by atoms with E-state index in [2.05, 4.69) is 20.9 Å². The molecular weight excluding hydrogens is 264 g/mol. The number of aromatic carboxylic acids is 1. The average molecular weight is 284 g/mol. The number of carboxylic acid groups (broad SMARTS) is 1. The molecule has 0 radical (unpaired) electrons. The Morgan fingerprint density at radius 2 is 2.20 bits per heavy atom. The molecule has 0 saturated carbocycles. The number of amides is 2. The topological polar surface area (TPSA) is 112 Å². The third kappa shape index (κ3) is 5.22. The van der Waals surface area contributed by atoms with Crippen LogP contribution in [0.2, 0.25) is 0 Å². The third-order valence-corrected chi connectivity index (χ3v) is 2.64. The first kappa shape index (κ1) is 15.9. The number of rotatable bonds is 8. The molecule has 1 aromatic heterocycles. The lowest BCUT2D eigenvalue weighted by molar-refractivity contribution is 0.0690. The number of aromatic nitrogens is 3. The van der Waals surface area contributed by atoms with E-state index in [1.165, 1.54) is 10.9 Å². The SMILES string of the molecule is CNCCCN(C)C(=O)NCCn1cc(C(=O)O)nn1. The standard InChI is InChI=1S/C11H20N6O3/c1-12-4-3-6-16(2)11(20)13-5-7-17-8-9(10(18)19)14-15-17/h8,12H,3-7H2,1-2H3,(H,13,20)(H,18,19). The minimum atomic E-state index is -1.12. The van der Waals surface area contributed by atoms with Crippen LogP contribution in [0.25, 0.3) is 0 Å². The fourth-order valence-electron chi connectivity index (χ4n) is 1.51. The number of hydrogen-bond acceptors (Lipinski definition) is 5. The third-order valence-electron chi connectivity index (χ3n) is 2.64. The fraction of sp³-hybridized carbons (Fsp3) is 0.636. The molecule has 0 fully saturated rings. The Bertz CT molecular complexity index is 447. The van der Waals surface area contributed by atoms with E-state index in [9.17, 15) is 9.59 Å². The molecular formula is C11H20N6O3. The van der Waals surface area contributed by atoms with Gasteiger partial charge in [-0.25, -0.2) is 14.3 Å². The van der Waals surface area contributed by atoms with Gasteiger partial charge in [0.2, 0.25) is 0 Å². The van der Waals surface area contributed by atoms with Crippen LogP contribution in [-0.4, -0.2) is 70.7 Å². The van der Waals surface area contributed by atoms with E-state index in [0.29, 0.717) is 19.6 Å². The van der Waals surface area contributed by atoms with Crippen molar-refractivity contribution in [3.05, 3.63) is 11.9 Å². The van der Waals surface area contributed by atoms with Gasteiger partial charge in [-0.15, -0.1) is 5.10 Å². The summed E-state index contributed by atoms with van der Waals surface area (Å²) >= 11 is 0. The molecule has 1 rings (SSSR count). The Hall–Kier alpha value is -2.16. The Kier molecular flexibility index (Phi) is 6.44. The van der Waals surface area contributed by atoms with Crippen LogP contribution in [0.3, 0.4) is 0 Å². The van der Waals surface area contributed by atoms with Crippen LogP contribution >= 0.6 is 0 Å². The van der Waals surface area contributed by atoms with Crippen molar-refractivity contribution in [3.8, 4) is 0 Å². The number of carboxylic acids is 1. The quantitative estimate of drug-likeness (QED) is 0.540. The molecule has 1 heterocycles. The maximum atomic E-state index is 11.7. The summed E-state index contributed by atoms with van der Waals surface area (Å²) in [6, 6.07) is -0.167. The molecule has 3 N–H and O–H groups in total. The van der Waals surface area contributed by atoms with Crippen LogP contribution in [0.5, 0.6) is 0 Å². The van der Waals surface area contributed by atoms with Gasteiger partial charge in [-0.1, -0.05) is 5.21 Å². The first-order chi connectivity index (χ1) is 9.54. The number of hydrogen-bond donors (Lipinski definition) is 3. The second-order valence-electron chi connectivity index (χ2n) is 4.28. The van der Waals surface area contributed by atoms with Gasteiger partial charge in [0.05, 0.1) is 12.7 Å². The van der Waals surface area contributed by atoms with E-state index in [4.69, 9.17) is 5.11 Å². The second-order valence-corrected chi connectivity index (χ2v) is 4.28. The smallest absolute Gasteiger partial charge is 0.358 e. The van der Waals surface area contributed by atoms with Crippen molar-refractivity contribution in [3.63, 3.8) is 0 Å². The minimum Gasteiger partial charge on any atom is -0.476 e. The van der Waals surface area contributed by atoms with Gasteiger partial charge in [0.15, 0.2) is 5.69 Å². The van der Waals surface area contributed by atoms with Crippen molar-refractivity contribution in [2.45, 2.75) is 13.0 Å². The summed E-state index contributed by atoms with van der Waals surface area (Å²) in [5.41, 5.74) is -0.111. The lowest BCUT2D eigenvalue weighted by Gasteiger charge is -2.17. The molecule has 0 atom stereocenters. The van der Waals surface area contributed by atoms with E-state index in [0.717, 1.165) is 13.0 Å². The van der Waals surface area contributed by atoms with Crippen LogP contribution < -0.4 is 10.6 Å². The molecule has 0 unspecified atom stereocenters. The lowest BCUT2D eigenvalue weighted by Crippen LogP contribution is -2.39. The number of carbonyl (C=O) groups is 2. The first-order valence-electron chi connectivity index (χ1n) is 6.31. The summed E-state index contributed by atoms with van der Waals surface area (Å²) in [6.45, 7) is 2.25. The number of nitrogens with one attached hydrogen (secondary N) is 2. The molecule has 1 aromatic rings. The molecule has 0 aliphatic rings. The largest absolute Gasteiger partial charge is 0.476 e. The van der Waals surface area contributed by atoms with Gasteiger partial charge in [-0.3, -0.25) is 0 Å². The highest BCUT2D eigenvalue weighted by Crippen LogP contribution is 1.92. The van der Waals surface area contributed by atoms with E-state index < -0.39 is 5.97 Å². The molecule has 2 amide bonds. The zero-order valence-corrected chi connectivity index (χ0v) is 11.7. The molecule has 20 heavy (non-hydrogen) atoms. The summed E-state index contributed by atoms with van der Waals surface area (Å²) in [4.78, 5) is 23.9. The Balaban J connectivity index is 2.25. The average Bonchev–Trinajstić information content (AvgIpc) is 2.87. The van der Waals surface area contributed by atoms with Crippen molar-refractivity contribution < 1.29 is 14.7 Å². The van der Waals surface area contributed by atoms with Crippen LogP contribution in [0.1, 0.15) is 16.9 Å². The molecule has 0 aromatic carbocycles. The predicted molar refractivity (Wildman–Crippen MR) is 71.6 cm³/mol. The Labute approximate surface area is 116 Å². The van der Waals surface area contributed by atoms with Gasteiger partial charge in [0.25, 0.3) is 0 Å². The number of carbonyl (C=O) groups excluding carboxylic acids is 1. The molecule has 112 valence electrons. The van der Waals surface area contributed by atoms with Crippen molar-refractivity contribution in [2.75, 3.05) is 33.7 Å². The fourth-order valence-corrected chi connectivity index (χ4v) is 1.51. The molecule has 0 aliphatic heterocycles. The summed E-state index contributed by atoms with van der Waals surface area (Å²) in [7, 11) is 3.59. The molecule has 9 nitrogen and oxygen atoms in total. The molecule has 0 spiro atoms.